The topological polar surface area (TPSA) is 42.6 Å². The molecule has 3 heteroatoms. The van der Waals surface area contributed by atoms with Crippen LogP contribution in [-0.4, -0.2) is 23.4 Å². The molecular formula is C10H14O3. The van der Waals surface area contributed by atoms with Crippen molar-refractivity contribution in [3.8, 4) is 0 Å². The maximum absolute atomic E-state index is 10.1. The van der Waals surface area contributed by atoms with Gasteiger partial charge in [0.25, 0.3) is 0 Å². The van der Waals surface area contributed by atoms with E-state index in [4.69, 9.17) is 9.15 Å². The fourth-order valence-electron chi connectivity index (χ4n) is 1.72. The Balaban J connectivity index is 2.08. The molecule has 0 amide bonds. The van der Waals surface area contributed by atoms with Gasteiger partial charge in [-0.2, -0.15) is 0 Å². The molecule has 0 spiro atoms. The van der Waals surface area contributed by atoms with Crippen LogP contribution >= 0.6 is 0 Å². The van der Waals surface area contributed by atoms with E-state index in [0.29, 0.717) is 19.4 Å². The molecule has 0 aromatic carbocycles. The van der Waals surface area contributed by atoms with Crippen LogP contribution in [0.4, 0.5) is 0 Å². The van der Waals surface area contributed by atoms with Crippen LogP contribution in [-0.2, 0) is 11.2 Å². The SMILES string of the molecule is CC1OCCC1(O)Cc1ccco1. The van der Waals surface area contributed by atoms with E-state index < -0.39 is 5.60 Å². The Morgan fingerprint density at radius 2 is 2.54 bits per heavy atom. The number of hydrogen-bond donors (Lipinski definition) is 1. The van der Waals surface area contributed by atoms with Crippen molar-refractivity contribution >= 4 is 0 Å². The number of ether oxygens (including phenoxy) is 1. The lowest BCUT2D eigenvalue weighted by Crippen LogP contribution is -2.38. The highest BCUT2D eigenvalue weighted by atomic mass is 16.5. The van der Waals surface area contributed by atoms with E-state index in [9.17, 15) is 5.11 Å². The van der Waals surface area contributed by atoms with E-state index in [1.807, 2.05) is 19.1 Å². The monoisotopic (exact) mass is 182 g/mol. The Morgan fingerprint density at radius 3 is 3.08 bits per heavy atom. The zero-order valence-electron chi connectivity index (χ0n) is 7.69. The summed E-state index contributed by atoms with van der Waals surface area (Å²) in [6, 6.07) is 3.71. The first kappa shape index (κ1) is 8.78. The van der Waals surface area contributed by atoms with Crippen LogP contribution in [0.25, 0.3) is 0 Å². The summed E-state index contributed by atoms with van der Waals surface area (Å²) in [5.41, 5.74) is -0.738. The fraction of sp³-hybridized carbons (Fsp3) is 0.600. The minimum Gasteiger partial charge on any atom is -0.469 e. The molecule has 1 fully saturated rings. The molecule has 2 rings (SSSR count). The lowest BCUT2D eigenvalue weighted by molar-refractivity contribution is -0.0298. The van der Waals surface area contributed by atoms with Crippen LogP contribution in [0.5, 0.6) is 0 Å². The first-order valence-electron chi connectivity index (χ1n) is 4.57. The van der Waals surface area contributed by atoms with Gasteiger partial charge in [0.05, 0.1) is 18.0 Å². The van der Waals surface area contributed by atoms with Gasteiger partial charge in [-0.05, 0) is 19.1 Å². The molecule has 0 aliphatic carbocycles. The van der Waals surface area contributed by atoms with E-state index in [1.54, 1.807) is 6.26 Å². The predicted octanol–water partition coefficient (Wildman–Crippen LogP) is 1.36. The zero-order valence-corrected chi connectivity index (χ0v) is 7.69. The highest BCUT2D eigenvalue weighted by Gasteiger charge is 2.40. The third-order valence-corrected chi connectivity index (χ3v) is 2.72. The minimum atomic E-state index is -0.738. The molecule has 0 saturated carbocycles. The van der Waals surface area contributed by atoms with Gasteiger partial charge in [0.15, 0.2) is 0 Å². The van der Waals surface area contributed by atoms with Gasteiger partial charge >= 0.3 is 0 Å². The smallest absolute Gasteiger partial charge is 0.106 e. The second-order valence-electron chi connectivity index (χ2n) is 3.62. The van der Waals surface area contributed by atoms with Crippen molar-refractivity contribution in [2.24, 2.45) is 0 Å². The van der Waals surface area contributed by atoms with Gasteiger partial charge in [0.2, 0.25) is 0 Å². The van der Waals surface area contributed by atoms with E-state index >= 15 is 0 Å². The Morgan fingerprint density at radius 1 is 1.69 bits per heavy atom. The molecule has 1 aromatic heterocycles. The predicted molar refractivity (Wildman–Crippen MR) is 47.4 cm³/mol. The van der Waals surface area contributed by atoms with Crippen LogP contribution in [0.1, 0.15) is 19.1 Å². The van der Waals surface area contributed by atoms with Crippen LogP contribution < -0.4 is 0 Å². The van der Waals surface area contributed by atoms with Crippen LogP contribution in [0, 0.1) is 0 Å². The zero-order chi connectivity index (χ0) is 9.31. The van der Waals surface area contributed by atoms with Gasteiger partial charge in [0, 0.05) is 19.4 Å². The Labute approximate surface area is 77.3 Å². The highest BCUT2D eigenvalue weighted by Crippen LogP contribution is 2.29. The Kier molecular flexibility index (Phi) is 2.14. The van der Waals surface area contributed by atoms with E-state index in [1.165, 1.54) is 0 Å². The number of furan rings is 1. The molecule has 2 unspecified atom stereocenters. The molecule has 2 heterocycles. The molecule has 0 bridgehead atoms. The first-order valence-corrected chi connectivity index (χ1v) is 4.57. The molecule has 1 saturated heterocycles. The Bertz CT molecular complexity index is 268. The van der Waals surface area contributed by atoms with Crippen molar-refractivity contribution in [2.75, 3.05) is 6.61 Å². The summed E-state index contributed by atoms with van der Waals surface area (Å²) in [6.45, 7) is 2.54. The fourth-order valence-corrected chi connectivity index (χ4v) is 1.72. The second kappa shape index (κ2) is 3.16. The molecule has 1 aromatic rings. The molecule has 0 radical (unpaired) electrons. The largest absolute Gasteiger partial charge is 0.469 e. The average molecular weight is 182 g/mol. The van der Waals surface area contributed by atoms with Crippen molar-refractivity contribution < 1.29 is 14.3 Å². The lowest BCUT2D eigenvalue weighted by atomic mass is 9.91. The molecular weight excluding hydrogens is 168 g/mol. The van der Waals surface area contributed by atoms with Crippen molar-refractivity contribution in [2.45, 2.75) is 31.5 Å². The highest BCUT2D eigenvalue weighted by molar-refractivity contribution is 5.05. The Hall–Kier alpha value is -0.800. The number of aliphatic hydroxyl groups is 1. The van der Waals surface area contributed by atoms with Gasteiger partial charge in [-0.1, -0.05) is 0 Å². The van der Waals surface area contributed by atoms with Gasteiger partial charge in [-0.25, -0.2) is 0 Å². The summed E-state index contributed by atoms with van der Waals surface area (Å²) in [6.07, 6.45) is 2.76. The lowest BCUT2D eigenvalue weighted by Gasteiger charge is -2.24. The molecule has 1 N–H and O–H groups in total. The quantitative estimate of drug-likeness (QED) is 0.751. The number of rotatable bonds is 2. The van der Waals surface area contributed by atoms with E-state index in [-0.39, 0.29) is 6.10 Å². The van der Waals surface area contributed by atoms with Gasteiger partial charge in [-0.3, -0.25) is 0 Å². The van der Waals surface area contributed by atoms with E-state index in [0.717, 1.165) is 5.76 Å². The summed E-state index contributed by atoms with van der Waals surface area (Å²) in [5.74, 6) is 0.819. The number of hydrogen-bond acceptors (Lipinski definition) is 3. The molecule has 1 aliphatic rings. The third kappa shape index (κ3) is 1.62. The van der Waals surface area contributed by atoms with Crippen molar-refractivity contribution in [1.29, 1.82) is 0 Å². The standard InChI is InChI=1S/C10H14O3/c1-8-10(11,4-6-12-8)7-9-3-2-5-13-9/h2-3,5,8,11H,4,6-7H2,1H3. The first-order chi connectivity index (χ1) is 6.21. The third-order valence-electron chi connectivity index (χ3n) is 2.72. The minimum absolute atomic E-state index is 0.0994. The maximum Gasteiger partial charge on any atom is 0.106 e. The van der Waals surface area contributed by atoms with Gasteiger partial charge < -0.3 is 14.3 Å². The second-order valence-corrected chi connectivity index (χ2v) is 3.62. The van der Waals surface area contributed by atoms with Crippen LogP contribution in [0.15, 0.2) is 22.8 Å². The van der Waals surface area contributed by atoms with E-state index in [2.05, 4.69) is 0 Å². The average Bonchev–Trinajstić information content (AvgIpc) is 2.65. The van der Waals surface area contributed by atoms with Crippen molar-refractivity contribution in [1.82, 2.24) is 0 Å². The summed E-state index contributed by atoms with van der Waals surface area (Å²) in [7, 11) is 0. The molecule has 1 aliphatic heterocycles. The van der Waals surface area contributed by atoms with Crippen molar-refractivity contribution in [3.05, 3.63) is 24.2 Å². The molecule has 72 valence electrons. The molecule has 13 heavy (non-hydrogen) atoms. The van der Waals surface area contributed by atoms with Crippen LogP contribution in [0.2, 0.25) is 0 Å². The molecule has 3 nitrogen and oxygen atoms in total. The summed E-state index contributed by atoms with van der Waals surface area (Å²) < 4.78 is 10.5. The summed E-state index contributed by atoms with van der Waals surface area (Å²) >= 11 is 0. The summed E-state index contributed by atoms with van der Waals surface area (Å²) in [4.78, 5) is 0. The van der Waals surface area contributed by atoms with Crippen molar-refractivity contribution in [3.63, 3.8) is 0 Å². The van der Waals surface area contributed by atoms with Crippen LogP contribution in [0.3, 0.4) is 0 Å². The van der Waals surface area contributed by atoms with Gasteiger partial charge in [0.1, 0.15) is 5.76 Å². The molecule has 2 atom stereocenters. The summed E-state index contributed by atoms with van der Waals surface area (Å²) in [5, 5.41) is 10.1. The van der Waals surface area contributed by atoms with Gasteiger partial charge in [-0.15, -0.1) is 0 Å². The normalized spacial score (nSPS) is 33.8. The maximum atomic E-state index is 10.1.